The molecule has 1 aliphatic heterocycles. The van der Waals surface area contributed by atoms with E-state index in [1.165, 1.54) is 11.5 Å². The topological polar surface area (TPSA) is 72.9 Å². The molecular formula is C13H14N6S2. The SMILES string of the molecule is Cc1csc(-c2c(N)nsc2N2CCn3ccnc3C2)n1. The number of thiazole rings is 1. The minimum atomic E-state index is 0.568. The van der Waals surface area contributed by atoms with Gasteiger partial charge in [-0.25, -0.2) is 9.97 Å². The Labute approximate surface area is 130 Å². The summed E-state index contributed by atoms with van der Waals surface area (Å²) >= 11 is 3.06. The second-order valence-corrected chi connectivity index (χ2v) is 6.61. The van der Waals surface area contributed by atoms with Gasteiger partial charge in [0.05, 0.1) is 12.1 Å². The predicted molar refractivity (Wildman–Crippen MR) is 85.6 cm³/mol. The second-order valence-electron chi connectivity index (χ2n) is 5.00. The van der Waals surface area contributed by atoms with E-state index >= 15 is 0 Å². The molecule has 8 heteroatoms. The molecule has 0 atom stereocenters. The Morgan fingerprint density at radius 3 is 3.05 bits per heavy atom. The first kappa shape index (κ1) is 12.8. The summed E-state index contributed by atoms with van der Waals surface area (Å²) in [5.74, 6) is 1.65. The fourth-order valence-electron chi connectivity index (χ4n) is 2.53. The molecule has 0 radical (unpaired) electrons. The van der Waals surface area contributed by atoms with E-state index in [-0.39, 0.29) is 0 Å². The van der Waals surface area contributed by atoms with E-state index in [1.54, 1.807) is 11.3 Å². The van der Waals surface area contributed by atoms with E-state index in [0.29, 0.717) is 5.82 Å². The molecule has 0 aliphatic carbocycles. The monoisotopic (exact) mass is 318 g/mol. The number of fused-ring (bicyclic) bond motifs is 1. The largest absolute Gasteiger partial charge is 0.382 e. The van der Waals surface area contributed by atoms with Crippen LogP contribution in [-0.2, 0) is 13.1 Å². The number of aromatic nitrogens is 4. The fraction of sp³-hybridized carbons (Fsp3) is 0.308. The van der Waals surface area contributed by atoms with Crippen LogP contribution in [0.15, 0.2) is 17.8 Å². The molecule has 3 aromatic rings. The summed E-state index contributed by atoms with van der Waals surface area (Å²) < 4.78 is 6.53. The molecule has 3 aromatic heterocycles. The van der Waals surface area contributed by atoms with Crippen molar-refractivity contribution in [1.29, 1.82) is 0 Å². The number of hydrogen-bond acceptors (Lipinski definition) is 7. The van der Waals surface area contributed by atoms with Crippen LogP contribution in [-0.4, -0.2) is 25.5 Å². The third-order valence-corrected chi connectivity index (χ3v) is 5.47. The van der Waals surface area contributed by atoms with Crippen molar-refractivity contribution in [3.63, 3.8) is 0 Å². The number of nitrogen functional groups attached to an aromatic ring is 1. The molecule has 6 nitrogen and oxygen atoms in total. The Balaban J connectivity index is 1.74. The molecule has 0 bridgehead atoms. The molecule has 0 unspecified atom stereocenters. The first-order valence-electron chi connectivity index (χ1n) is 6.65. The zero-order chi connectivity index (χ0) is 14.4. The Morgan fingerprint density at radius 2 is 2.24 bits per heavy atom. The number of anilines is 2. The van der Waals surface area contributed by atoms with Crippen molar-refractivity contribution >= 4 is 33.7 Å². The maximum absolute atomic E-state index is 6.08. The van der Waals surface area contributed by atoms with Crippen molar-refractivity contribution in [2.24, 2.45) is 0 Å². The molecule has 0 aromatic carbocycles. The lowest BCUT2D eigenvalue weighted by molar-refractivity contribution is 0.563. The number of nitrogens with two attached hydrogens (primary N) is 1. The van der Waals surface area contributed by atoms with Gasteiger partial charge in [0.2, 0.25) is 0 Å². The zero-order valence-electron chi connectivity index (χ0n) is 11.5. The second kappa shape index (κ2) is 4.81. The molecule has 0 saturated carbocycles. The first-order chi connectivity index (χ1) is 10.2. The standard InChI is InChI=1S/C13H14N6S2/c1-8-7-20-12(16-8)10-11(14)17-21-13(10)19-5-4-18-3-2-15-9(18)6-19/h2-3,7H,4-6H2,1H3,(H2,14,17). The number of nitrogens with zero attached hydrogens (tertiary/aromatic N) is 5. The van der Waals surface area contributed by atoms with Gasteiger partial charge in [-0.3, -0.25) is 0 Å². The highest BCUT2D eigenvalue weighted by Crippen LogP contribution is 2.41. The molecule has 4 heterocycles. The van der Waals surface area contributed by atoms with Gasteiger partial charge in [-0.1, -0.05) is 0 Å². The number of imidazole rings is 1. The van der Waals surface area contributed by atoms with Crippen molar-refractivity contribution in [3.8, 4) is 10.6 Å². The van der Waals surface area contributed by atoms with Crippen LogP contribution in [0.25, 0.3) is 10.6 Å². The van der Waals surface area contributed by atoms with Gasteiger partial charge in [-0.15, -0.1) is 11.3 Å². The van der Waals surface area contributed by atoms with E-state index in [2.05, 4.69) is 23.8 Å². The average Bonchev–Trinajstić information content (AvgIpc) is 3.17. The highest BCUT2D eigenvalue weighted by Gasteiger charge is 2.25. The molecule has 0 amide bonds. The summed E-state index contributed by atoms with van der Waals surface area (Å²) in [6, 6.07) is 0. The lowest BCUT2D eigenvalue weighted by Crippen LogP contribution is -2.33. The van der Waals surface area contributed by atoms with Gasteiger partial charge < -0.3 is 15.2 Å². The summed E-state index contributed by atoms with van der Waals surface area (Å²) in [4.78, 5) is 11.3. The predicted octanol–water partition coefficient (Wildman–Crippen LogP) is 2.37. The van der Waals surface area contributed by atoms with Gasteiger partial charge in [0.15, 0.2) is 0 Å². The first-order valence-corrected chi connectivity index (χ1v) is 8.30. The third-order valence-electron chi connectivity index (χ3n) is 3.57. The minimum Gasteiger partial charge on any atom is -0.382 e. The van der Waals surface area contributed by atoms with E-state index < -0.39 is 0 Å². The molecule has 0 saturated heterocycles. The molecule has 4 rings (SSSR count). The van der Waals surface area contributed by atoms with E-state index in [0.717, 1.165) is 46.7 Å². The summed E-state index contributed by atoms with van der Waals surface area (Å²) in [6.07, 6.45) is 3.88. The van der Waals surface area contributed by atoms with Crippen LogP contribution in [0.1, 0.15) is 11.5 Å². The quantitative estimate of drug-likeness (QED) is 0.785. The van der Waals surface area contributed by atoms with Crippen LogP contribution < -0.4 is 10.6 Å². The van der Waals surface area contributed by atoms with Crippen LogP contribution in [0.5, 0.6) is 0 Å². The lowest BCUT2D eigenvalue weighted by atomic mass is 10.2. The number of aryl methyl sites for hydroxylation is 1. The third kappa shape index (κ3) is 2.11. The highest BCUT2D eigenvalue weighted by atomic mass is 32.1. The minimum absolute atomic E-state index is 0.568. The Hall–Kier alpha value is -1.93. The molecule has 1 aliphatic rings. The van der Waals surface area contributed by atoms with Gasteiger partial charge in [0, 0.05) is 36.6 Å². The molecule has 21 heavy (non-hydrogen) atoms. The maximum Gasteiger partial charge on any atom is 0.149 e. The van der Waals surface area contributed by atoms with Crippen molar-refractivity contribution in [1.82, 2.24) is 18.9 Å². The van der Waals surface area contributed by atoms with Crippen LogP contribution in [0.4, 0.5) is 10.8 Å². The van der Waals surface area contributed by atoms with Crippen molar-refractivity contribution in [2.45, 2.75) is 20.0 Å². The average molecular weight is 318 g/mol. The summed E-state index contributed by atoms with van der Waals surface area (Å²) in [5, 5.41) is 4.08. The Morgan fingerprint density at radius 1 is 1.33 bits per heavy atom. The molecule has 0 fully saturated rings. The molecular weight excluding hydrogens is 304 g/mol. The van der Waals surface area contributed by atoms with Gasteiger partial charge in [-0.05, 0) is 18.5 Å². The van der Waals surface area contributed by atoms with Gasteiger partial charge in [0.25, 0.3) is 0 Å². The molecule has 0 spiro atoms. The van der Waals surface area contributed by atoms with Crippen molar-refractivity contribution < 1.29 is 0 Å². The van der Waals surface area contributed by atoms with Crippen LogP contribution in [0.3, 0.4) is 0 Å². The van der Waals surface area contributed by atoms with E-state index in [9.17, 15) is 0 Å². The summed E-state index contributed by atoms with van der Waals surface area (Å²) in [6.45, 7) is 4.64. The van der Waals surface area contributed by atoms with Gasteiger partial charge >= 0.3 is 0 Å². The number of rotatable bonds is 2. The number of hydrogen-bond donors (Lipinski definition) is 1. The Bertz CT molecular complexity index is 786. The van der Waals surface area contributed by atoms with E-state index in [1.807, 2.05) is 24.7 Å². The van der Waals surface area contributed by atoms with Crippen molar-refractivity contribution in [3.05, 3.63) is 29.3 Å². The smallest absolute Gasteiger partial charge is 0.149 e. The van der Waals surface area contributed by atoms with Crippen LogP contribution >= 0.6 is 22.9 Å². The molecule has 2 N–H and O–H groups in total. The van der Waals surface area contributed by atoms with Crippen molar-refractivity contribution in [2.75, 3.05) is 17.2 Å². The fourth-order valence-corrected chi connectivity index (χ4v) is 4.28. The van der Waals surface area contributed by atoms with E-state index in [4.69, 9.17) is 5.73 Å². The summed E-state index contributed by atoms with van der Waals surface area (Å²) in [7, 11) is 0. The Kier molecular flexibility index (Phi) is 2.93. The maximum atomic E-state index is 6.08. The van der Waals surface area contributed by atoms with Crippen LogP contribution in [0.2, 0.25) is 0 Å². The normalized spacial score (nSPS) is 14.4. The summed E-state index contributed by atoms with van der Waals surface area (Å²) in [5.41, 5.74) is 8.07. The van der Waals surface area contributed by atoms with Gasteiger partial charge in [0.1, 0.15) is 21.7 Å². The lowest BCUT2D eigenvalue weighted by Gasteiger charge is -2.28. The van der Waals surface area contributed by atoms with Gasteiger partial charge in [-0.2, -0.15) is 4.37 Å². The van der Waals surface area contributed by atoms with Crippen LogP contribution in [0, 0.1) is 6.92 Å². The highest BCUT2D eigenvalue weighted by molar-refractivity contribution is 7.15. The zero-order valence-corrected chi connectivity index (χ0v) is 13.1. The molecule has 108 valence electrons.